The average Bonchev–Trinajstić information content (AvgIpc) is 2.73. The number of ether oxygens (including phenoxy) is 2. The molecule has 0 unspecified atom stereocenters. The molecule has 98 valence electrons. The molecule has 0 spiro atoms. The lowest BCUT2D eigenvalue weighted by Gasteiger charge is -2.16. The number of benzene rings is 1. The van der Waals surface area contributed by atoms with Gasteiger partial charge in [-0.1, -0.05) is 12.1 Å². The van der Waals surface area contributed by atoms with E-state index in [0.717, 1.165) is 17.5 Å². The summed E-state index contributed by atoms with van der Waals surface area (Å²) in [6.45, 7) is 3.78. The Morgan fingerprint density at radius 3 is 3.06 bits per heavy atom. The van der Waals surface area contributed by atoms with Gasteiger partial charge in [-0.25, -0.2) is 4.79 Å². The van der Waals surface area contributed by atoms with Crippen LogP contribution in [0.4, 0.5) is 0 Å². The number of hydrogen-bond acceptors (Lipinski definition) is 4. The minimum atomic E-state index is -0.630. The van der Waals surface area contributed by atoms with Crippen LogP contribution in [0.3, 0.4) is 0 Å². The number of aliphatic hydroxyl groups excluding tert-OH is 1. The van der Waals surface area contributed by atoms with Gasteiger partial charge in [-0.2, -0.15) is 0 Å². The van der Waals surface area contributed by atoms with Crippen molar-refractivity contribution >= 4 is 5.97 Å². The van der Waals surface area contributed by atoms with E-state index in [-0.39, 0.29) is 5.97 Å². The number of esters is 1. The molecule has 0 aliphatic heterocycles. The third-order valence-corrected chi connectivity index (χ3v) is 3.12. The van der Waals surface area contributed by atoms with Gasteiger partial charge in [-0.15, -0.1) is 0 Å². The molecule has 1 aromatic carbocycles. The molecule has 1 aliphatic rings. The first kappa shape index (κ1) is 12.9. The highest BCUT2D eigenvalue weighted by molar-refractivity contribution is 5.74. The molecule has 4 heteroatoms. The zero-order valence-electron chi connectivity index (χ0n) is 10.7. The van der Waals surface area contributed by atoms with E-state index in [1.807, 2.05) is 18.2 Å². The summed E-state index contributed by atoms with van der Waals surface area (Å²) in [6, 6.07) is 5.56. The summed E-state index contributed by atoms with van der Waals surface area (Å²) in [5.74, 6) is 0.304. The maximum absolute atomic E-state index is 11.5. The normalized spacial score (nSPS) is 19.2. The van der Waals surface area contributed by atoms with Crippen molar-refractivity contribution < 1.29 is 19.4 Å². The van der Waals surface area contributed by atoms with Gasteiger partial charge < -0.3 is 14.6 Å². The fraction of sp³-hybridized carbons (Fsp3) is 0.500. The van der Waals surface area contributed by atoms with Gasteiger partial charge in [-0.3, -0.25) is 0 Å². The van der Waals surface area contributed by atoms with E-state index in [1.165, 1.54) is 0 Å². The SMILES string of the molecule is CCOC(=O)[C@H](C)Oc1cccc2c1CC[C@@H]2O. The van der Waals surface area contributed by atoms with Gasteiger partial charge in [0.2, 0.25) is 0 Å². The smallest absolute Gasteiger partial charge is 0.347 e. The Kier molecular flexibility index (Phi) is 3.87. The van der Waals surface area contributed by atoms with Crippen LogP contribution in [0.1, 0.15) is 37.5 Å². The van der Waals surface area contributed by atoms with E-state index in [2.05, 4.69) is 0 Å². The second kappa shape index (κ2) is 5.40. The maximum Gasteiger partial charge on any atom is 0.347 e. The van der Waals surface area contributed by atoms with Crippen molar-refractivity contribution in [3.8, 4) is 5.75 Å². The van der Waals surface area contributed by atoms with Crippen LogP contribution in [0.5, 0.6) is 5.75 Å². The van der Waals surface area contributed by atoms with E-state index >= 15 is 0 Å². The lowest BCUT2D eigenvalue weighted by atomic mass is 10.1. The Morgan fingerprint density at radius 2 is 2.33 bits per heavy atom. The van der Waals surface area contributed by atoms with E-state index < -0.39 is 12.2 Å². The van der Waals surface area contributed by atoms with Gasteiger partial charge in [0.15, 0.2) is 6.10 Å². The zero-order valence-corrected chi connectivity index (χ0v) is 10.7. The molecule has 0 fully saturated rings. The third-order valence-electron chi connectivity index (χ3n) is 3.12. The summed E-state index contributed by atoms with van der Waals surface area (Å²) < 4.78 is 10.5. The lowest BCUT2D eigenvalue weighted by molar-refractivity contribution is -0.150. The zero-order chi connectivity index (χ0) is 13.1. The molecule has 2 atom stereocenters. The highest BCUT2D eigenvalue weighted by Crippen LogP contribution is 2.37. The van der Waals surface area contributed by atoms with E-state index in [0.29, 0.717) is 18.8 Å². The van der Waals surface area contributed by atoms with Crippen molar-refractivity contribution in [3.63, 3.8) is 0 Å². The lowest BCUT2D eigenvalue weighted by Crippen LogP contribution is -2.26. The topological polar surface area (TPSA) is 55.8 Å². The summed E-state index contributed by atoms with van der Waals surface area (Å²) >= 11 is 0. The highest BCUT2D eigenvalue weighted by Gasteiger charge is 2.25. The number of carbonyl (C=O) groups is 1. The number of carbonyl (C=O) groups excluding carboxylic acids is 1. The molecule has 4 nitrogen and oxygen atoms in total. The largest absolute Gasteiger partial charge is 0.479 e. The van der Waals surface area contributed by atoms with Gasteiger partial charge in [0.05, 0.1) is 12.7 Å². The van der Waals surface area contributed by atoms with Crippen molar-refractivity contribution in [1.82, 2.24) is 0 Å². The Morgan fingerprint density at radius 1 is 1.56 bits per heavy atom. The van der Waals surface area contributed by atoms with Gasteiger partial charge in [0.25, 0.3) is 0 Å². The van der Waals surface area contributed by atoms with Crippen LogP contribution in [0.2, 0.25) is 0 Å². The van der Waals surface area contributed by atoms with E-state index in [9.17, 15) is 9.90 Å². The number of rotatable bonds is 4. The summed E-state index contributed by atoms with van der Waals surface area (Å²) in [5.41, 5.74) is 1.91. The summed E-state index contributed by atoms with van der Waals surface area (Å²) in [4.78, 5) is 11.5. The van der Waals surface area contributed by atoms with Crippen LogP contribution in [0.25, 0.3) is 0 Å². The molecular weight excluding hydrogens is 232 g/mol. The molecule has 0 amide bonds. The molecule has 0 aromatic heterocycles. The maximum atomic E-state index is 11.5. The molecule has 1 aromatic rings. The monoisotopic (exact) mass is 250 g/mol. The molecule has 0 radical (unpaired) electrons. The first-order valence-corrected chi connectivity index (χ1v) is 6.26. The Hall–Kier alpha value is -1.55. The highest BCUT2D eigenvalue weighted by atomic mass is 16.6. The summed E-state index contributed by atoms with van der Waals surface area (Å²) in [7, 11) is 0. The van der Waals surface area contributed by atoms with Crippen molar-refractivity contribution in [2.24, 2.45) is 0 Å². The van der Waals surface area contributed by atoms with Crippen LogP contribution < -0.4 is 4.74 Å². The molecule has 0 saturated heterocycles. The predicted octanol–water partition coefficient (Wildman–Crippen LogP) is 2.00. The first-order valence-electron chi connectivity index (χ1n) is 6.26. The molecule has 18 heavy (non-hydrogen) atoms. The fourth-order valence-corrected chi connectivity index (χ4v) is 2.21. The molecular formula is C14H18O4. The van der Waals surface area contributed by atoms with E-state index in [4.69, 9.17) is 9.47 Å². The minimum Gasteiger partial charge on any atom is -0.479 e. The molecule has 2 rings (SSSR count). The van der Waals surface area contributed by atoms with Crippen molar-refractivity contribution in [2.45, 2.75) is 38.9 Å². The van der Waals surface area contributed by atoms with Crippen LogP contribution in [-0.2, 0) is 16.0 Å². The second-order valence-electron chi connectivity index (χ2n) is 4.39. The minimum absolute atomic E-state index is 0.345. The molecule has 1 N–H and O–H groups in total. The van der Waals surface area contributed by atoms with Gasteiger partial charge in [0.1, 0.15) is 5.75 Å². The average molecular weight is 250 g/mol. The predicted molar refractivity (Wildman–Crippen MR) is 66.4 cm³/mol. The van der Waals surface area contributed by atoms with Crippen LogP contribution >= 0.6 is 0 Å². The number of fused-ring (bicyclic) bond motifs is 1. The quantitative estimate of drug-likeness (QED) is 0.830. The van der Waals surface area contributed by atoms with Crippen molar-refractivity contribution in [2.75, 3.05) is 6.61 Å². The van der Waals surface area contributed by atoms with Crippen LogP contribution in [-0.4, -0.2) is 23.8 Å². The summed E-state index contributed by atoms with van der Waals surface area (Å²) in [5, 5.41) is 9.79. The van der Waals surface area contributed by atoms with Crippen LogP contribution in [0.15, 0.2) is 18.2 Å². The fourth-order valence-electron chi connectivity index (χ4n) is 2.21. The number of hydrogen-bond donors (Lipinski definition) is 1. The standard InChI is InChI=1S/C14H18O4/c1-3-17-14(16)9(2)18-13-6-4-5-10-11(13)7-8-12(10)15/h4-6,9,12,15H,3,7-8H2,1-2H3/t9-,12-/m0/s1. The van der Waals surface area contributed by atoms with Crippen molar-refractivity contribution in [3.05, 3.63) is 29.3 Å². The van der Waals surface area contributed by atoms with Gasteiger partial charge in [0, 0.05) is 5.56 Å². The van der Waals surface area contributed by atoms with E-state index in [1.54, 1.807) is 13.8 Å². The summed E-state index contributed by atoms with van der Waals surface area (Å²) in [6.07, 6.45) is 0.446. The third kappa shape index (κ3) is 2.48. The Bertz CT molecular complexity index is 441. The molecule has 1 aliphatic carbocycles. The Labute approximate surface area is 107 Å². The molecule has 0 saturated carbocycles. The van der Waals surface area contributed by atoms with Crippen LogP contribution in [0, 0.1) is 0 Å². The molecule has 0 bridgehead atoms. The molecule has 0 heterocycles. The Balaban J connectivity index is 2.13. The second-order valence-corrected chi connectivity index (χ2v) is 4.39. The first-order chi connectivity index (χ1) is 8.63. The number of aliphatic hydroxyl groups is 1. The van der Waals surface area contributed by atoms with Gasteiger partial charge in [-0.05, 0) is 38.3 Å². The van der Waals surface area contributed by atoms with Crippen molar-refractivity contribution in [1.29, 1.82) is 0 Å². The van der Waals surface area contributed by atoms with Gasteiger partial charge >= 0.3 is 5.97 Å².